The zero-order valence-electron chi connectivity index (χ0n) is 8.60. The van der Waals surface area contributed by atoms with Crippen molar-refractivity contribution in [1.82, 2.24) is 20.2 Å². The number of aliphatic hydroxyl groups excluding tert-OH is 1. The molecule has 3 heterocycles. The molecule has 17 heavy (non-hydrogen) atoms. The summed E-state index contributed by atoms with van der Waals surface area (Å²) in [6.45, 7) is -0.196. The molecule has 7 heteroatoms. The molecule has 0 atom stereocenters. The van der Waals surface area contributed by atoms with Crippen LogP contribution in [-0.4, -0.2) is 25.3 Å². The van der Waals surface area contributed by atoms with E-state index < -0.39 is 0 Å². The second-order valence-electron chi connectivity index (χ2n) is 3.47. The Hall–Kier alpha value is -2.41. The molecule has 0 aliphatic rings. The maximum atomic E-state index is 11.7. The first-order chi connectivity index (χ1) is 8.28. The molecule has 7 nitrogen and oxygen atoms in total. The van der Waals surface area contributed by atoms with Gasteiger partial charge in [-0.1, -0.05) is 0 Å². The normalized spacial score (nSPS) is 11.1. The minimum absolute atomic E-state index is 0.196. The highest BCUT2D eigenvalue weighted by molar-refractivity contribution is 5.73. The van der Waals surface area contributed by atoms with Crippen molar-refractivity contribution in [1.29, 1.82) is 0 Å². The van der Waals surface area contributed by atoms with Crippen molar-refractivity contribution in [3.63, 3.8) is 0 Å². The molecule has 0 amide bonds. The van der Waals surface area contributed by atoms with Gasteiger partial charge in [0.05, 0.1) is 6.20 Å². The van der Waals surface area contributed by atoms with Gasteiger partial charge in [-0.25, -0.2) is 4.98 Å². The van der Waals surface area contributed by atoms with E-state index in [1.165, 1.54) is 6.20 Å². The van der Waals surface area contributed by atoms with Gasteiger partial charge in [0.25, 0.3) is 5.56 Å². The highest BCUT2D eigenvalue weighted by atomic mass is 16.4. The lowest BCUT2D eigenvalue weighted by Gasteiger charge is -1.96. The third kappa shape index (κ3) is 1.53. The highest BCUT2D eigenvalue weighted by Gasteiger charge is 2.10. The fourth-order valence-electron chi connectivity index (χ4n) is 1.56. The van der Waals surface area contributed by atoms with E-state index in [1.807, 2.05) is 0 Å². The summed E-state index contributed by atoms with van der Waals surface area (Å²) in [7, 11) is 0. The van der Waals surface area contributed by atoms with Crippen LogP contribution in [0.25, 0.3) is 22.6 Å². The summed E-state index contributed by atoms with van der Waals surface area (Å²) >= 11 is 0. The van der Waals surface area contributed by atoms with Crippen LogP contribution in [0.4, 0.5) is 0 Å². The maximum absolute atomic E-state index is 11.7. The molecule has 3 rings (SSSR count). The lowest BCUT2D eigenvalue weighted by atomic mass is 10.4. The molecule has 3 aromatic heterocycles. The Morgan fingerprint density at radius 1 is 1.41 bits per heavy atom. The van der Waals surface area contributed by atoms with Gasteiger partial charge in [-0.05, 0) is 12.1 Å². The van der Waals surface area contributed by atoms with Gasteiger partial charge in [0, 0.05) is 0 Å². The predicted molar refractivity (Wildman–Crippen MR) is 58.1 cm³/mol. The Balaban J connectivity index is 2.20. The molecule has 3 N–H and O–H groups in total. The SMILES string of the molecule is O=c1[nH]c(-c2ccc(CO)o2)nc2cn[nH]c12. The van der Waals surface area contributed by atoms with Gasteiger partial charge in [0.2, 0.25) is 0 Å². The molecule has 0 aromatic carbocycles. The number of aromatic amines is 2. The van der Waals surface area contributed by atoms with Gasteiger partial charge >= 0.3 is 0 Å². The summed E-state index contributed by atoms with van der Waals surface area (Å²) in [4.78, 5) is 18.4. The molecular formula is C10H8N4O3. The summed E-state index contributed by atoms with van der Waals surface area (Å²) in [5.41, 5.74) is 0.470. The van der Waals surface area contributed by atoms with Crippen LogP contribution in [0, 0.1) is 0 Å². The first-order valence-electron chi connectivity index (χ1n) is 4.91. The van der Waals surface area contributed by atoms with Crippen molar-refractivity contribution in [3.05, 3.63) is 34.4 Å². The Labute approximate surface area is 94.1 Å². The lowest BCUT2D eigenvalue weighted by molar-refractivity contribution is 0.248. The van der Waals surface area contributed by atoms with Crippen LogP contribution in [0.1, 0.15) is 5.76 Å². The Kier molecular flexibility index (Phi) is 2.05. The van der Waals surface area contributed by atoms with E-state index in [0.717, 1.165) is 0 Å². The summed E-state index contributed by atoms with van der Waals surface area (Å²) in [5, 5.41) is 15.2. The minimum Gasteiger partial charge on any atom is -0.455 e. The predicted octanol–water partition coefficient (Wildman–Crippen LogP) is 0.398. The number of nitrogens with zero attached hydrogens (tertiary/aromatic N) is 2. The van der Waals surface area contributed by atoms with Crippen molar-refractivity contribution < 1.29 is 9.52 Å². The van der Waals surface area contributed by atoms with Crippen molar-refractivity contribution in [2.45, 2.75) is 6.61 Å². The first-order valence-corrected chi connectivity index (χ1v) is 4.91. The van der Waals surface area contributed by atoms with Gasteiger partial charge in [0.1, 0.15) is 23.4 Å². The number of furan rings is 1. The van der Waals surface area contributed by atoms with Crippen molar-refractivity contribution >= 4 is 11.0 Å². The standard InChI is InChI=1S/C10H8N4O3/c15-4-5-1-2-7(17-5)9-12-6-3-11-14-8(6)10(16)13-9/h1-3,15H,4H2,(H,11,14)(H,12,13,16). The van der Waals surface area contributed by atoms with Crippen LogP contribution >= 0.6 is 0 Å². The first kappa shape index (κ1) is 9.79. The van der Waals surface area contributed by atoms with E-state index in [9.17, 15) is 4.79 Å². The molecule has 0 fully saturated rings. The van der Waals surface area contributed by atoms with Crippen LogP contribution in [-0.2, 0) is 6.61 Å². The Bertz CT molecular complexity index is 724. The lowest BCUT2D eigenvalue weighted by Crippen LogP contribution is -2.08. The third-order valence-corrected chi connectivity index (χ3v) is 2.36. The third-order valence-electron chi connectivity index (χ3n) is 2.36. The molecule has 0 aliphatic carbocycles. The summed E-state index contributed by atoms with van der Waals surface area (Å²) in [5.74, 6) is 1.12. The number of aromatic nitrogens is 4. The van der Waals surface area contributed by atoms with Crippen LogP contribution in [0.2, 0.25) is 0 Å². The summed E-state index contributed by atoms with van der Waals surface area (Å²) in [6, 6.07) is 3.25. The fourth-order valence-corrected chi connectivity index (χ4v) is 1.56. The molecule has 0 bridgehead atoms. The zero-order chi connectivity index (χ0) is 11.8. The quantitative estimate of drug-likeness (QED) is 0.592. The summed E-state index contributed by atoms with van der Waals surface area (Å²) in [6.07, 6.45) is 1.46. The monoisotopic (exact) mass is 232 g/mol. The van der Waals surface area contributed by atoms with Gasteiger partial charge in [-0.15, -0.1) is 0 Å². The maximum Gasteiger partial charge on any atom is 0.277 e. The number of rotatable bonds is 2. The average molecular weight is 232 g/mol. The largest absolute Gasteiger partial charge is 0.455 e. The second-order valence-corrected chi connectivity index (χ2v) is 3.47. The Morgan fingerprint density at radius 3 is 3.06 bits per heavy atom. The number of nitrogens with one attached hydrogen (secondary N) is 2. The smallest absolute Gasteiger partial charge is 0.277 e. The molecule has 0 saturated carbocycles. The molecule has 86 valence electrons. The fraction of sp³-hybridized carbons (Fsp3) is 0.100. The van der Waals surface area contributed by atoms with Crippen LogP contribution in [0.5, 0.6) is 0 Å². The van der Waals surface area contributed by atoms with Gasteiger partial charge < -0.3 is 14.5 Å². The zero-order valence-corrected chi connectivity index (χ0v) is 8.60. The van der Waals surface area contributed by atoms with E-state index >= 15 is 0 Å². The molecule has 0 aliphatic heterocycles. The highest BCUT2D eigenvalue weighted by Crippen LogP contribution is 2.18. The van der Waals surface area contributed by atoms with Gasteiger partial charge in [-0.2, -0.15) is 5.10 Å². The molecule has 0 radical (unpaired) electrons. The molecule has 3 aromatic rings. The van der Waals surface area contributed by atoms with Crippen molar-refractivity contribution in [2.75, 3.05) is 0 Å². The number of fused-ring (bicyclic) bond motifs is 1. The molecule has 0 saturated heterocycles. The number of aliphatic hydroxyl groups is 1. The van der Waals surface area contributed by atoms with E-state index in [2.05, 4.69) is 20.2 Å². The second kappa shape index (κ2) is 3.56. The topological polar surface area (TPSA) is 108 Å². The van der Waals surface area contributed by atoms with E-state index in [1.54, 1.807) is 12.1 Å². The van der Waals surface area contributed by atoms with Crippen molar-refractivity contribution in [3.8, 4) is 11.6 Å². The average Bonchev–Trinajstić information content (AvgIpc) is 2.97. The summed E-state index contributed by atoms with van der Waals surface area (Å²) < 4.78 is 5.29. The minimum atomic E-state index is -0.315. The van der Waals surface area contributed by atoms with Gasteiger partial charge in [-0.3, -0.25) is 9.89 Å². The van der Waals surface area contributed by atoms with Crippen LogP contribution < -0.4 is 5.56 Å². The number of H-pyrrole nitrogens is 2. The van der Waals surface area contributed by atoms with E-state index in [0.29, 0.717) is 28.4 Å². The molecule has 0 unspecified atom stereocenters. The Morgan fingerprint density at radius 2 is 2.29 bits per heavy atom. The number of hydrogen-bond donors (Lipinski definition) is 3. The van der Waals surface area contributed by atoms with Crippen molar-refractivity contribution in [2.24, 2.45) is 0 Å². The molecular weight excluding hydrogens is 224 g/mol. The number of hydrogen-bond acceptors (Lipinski definition) is 5. The van der Waals surface area contributed by atoms with E-state index in [4.69, 9.17) is 9.52 Å². The molecule has 0 spiro atoms. The van der Waals surface area contributed by atoms with Crippen LogP contribution in [0.15, 0.2) is 27.5 Å². The van der Waals surface area contributed by atoms with Gasteiger partial charge in [0.15, 0.2) is 11.6 Å². The van der Waals surface area contributed by atoms with Crippen LogP contribution in [0.3, 0.4) is 0 Å². The van der Waals surface area contributed by atoms with E-state index in [-0.39, 0.29) is 12.2 Å².